The van der Waals surface area contributed by atoms with Crippen molar-refractivity contribution in [2.45, 2.75) is 12.6 Å². The van der Waals surface area contributed by atoms with Crippen molar-refractivity contribution in [3.05, 3.63) is 35.9 Å². The molecule has 1 aliphatic rings. The molecule has 1 fully saturated rings. The Morgan fingerprint density at radius 2 is 2.22 bits per heavy atom. The summed E-state index contributed by atoms with van der Waals surface area (Å²) in [5.74, 6) is 0. The number of hydrogen-bond donors (Lipinski definition) is 1. The lowest BCUT2D eigenvalue weighted by Crippen LogP contribution is -2.44. The van der Waals surface area contributed by atoms with E-state index < -0.39 is 6.09 Å². The molecule has 98 valence electrons. The van der Waals surface area contributed by atoms with Crippen LogP contribution in [0.5, 0.6) is 0 Å². The molecule has 5 nitrogen and oxygen atoms in total. The van der Waals surface area contributed by atoms with Crippen molar-refractivity contribution >= 4 is 6.09 Å². The van der Waals surface area contributed by atoms with E-state index >= 15 is 0 Å². The van der Waals surface area contributed by atoms with Crippen LogP contribution in [0.4, 0.5) is 4.79 Å². The third kappa shape index (κ3) is 4.01. The standard InChI is InChI=1S/C13H18N2O3/c14-13(16)18-10-12-9-15(6-7-17-12)8-11-4-2-1-3-5-11/h1-5,12H,6-10H2,(H2,14,16)/t12-/m0/s1. The van der Waals surface area contributed by atoms with Gasteiger partial charge in [-0.1, -0.05) is 30.3 Å². The first-order chi connectivity index (χ1) is 8.74. The van der Waals surface area contributed by atoms with Crippen LogP contribution in [0.1, 0.15) is 5.56 Å². The third-order valence-electron chi connectivity index (χ3n) is 2.88. The van der Waals surface area contributed by atoms with Gasteiger partial charge < -0.3 is 15.2 Å². The minimum atomic E-state index is -0.751. The van der Waals surface area contributed by atoms with Crippen molar-refractivity contribution < 1.29 is 14.3 Å². The summed E-state index contributed by atoms with van der Waals surface area (Å²) < 4.78 is 10.3. The minimum Gasteiger partial charge on any atom is -0.447 e. The molecule has 1 heterocycles. The Balaban J connectivity index is 1.81. The van der Waals surface area contributed by atoms with Gasteiger partial charge in [0.25, 0.3) is 0 Å². The first-order valence-electron chi connectivity index (χ1n) is 6.04. The number of carbonyl (C=O) groups is 1. The Hall–Kier alpha value is -1.59. The molecule has 0 unspecified atom stereocenters. The predicted molar refractivity (Wildman–Crippen MR) is 67.0 cm³/mol. The molecule has 1 aromatic rings. The molecule has 1 aromatic carbocycles. The van der Waals surface area contributed by atoms with E-state index in [0.717, 1.165) is 19.6 Å². The lowest BCUT2D eigenvalue weighted by molar-refractivity contribution is -0.0568. The van der Waals surface area contributed by atoms with Crippen LogP contribution in [0.3, 0.4) is 0 Å². The van der Waals surface area contributed by atoms with Gasteiger partial charge in [-0.2, -0.15) is 0 Å². The molecular formula is C13H18N2O3. The van der Waals surface area contributed by atoms with E-state index in [2.05, 4.69) is 17.0 Å². The molecule has 1 aliphatic heterocycles. The number of amides is 1. The van der Waals surface area contributed by atoms with E-state index in [-0.39, 0.29) is 12.7 Å². The summed E-state index contributed by atoms with van der Waals surface area (Å²) in [5, 5.41) is 0. The SMILES string of the molecule is NC(=O)OC[C@@H]1CN(Cc2ccccc2)CCO1. The Kier molecular flexibility index (Phi) is 4.55. The second-order valence-electron chi connectivity index (χ2n) is 4.34. The smallest absolute Gasteiger partial charge is 0.404 e. The monoisotopic (exact) mass is 250 g/mol. The molecule has 2 rings (SSSR count). The van der Waals surface area contributed by atoms with Gasteiger partial charge in [0.2, 0.25) is 0 Å². The van der Waals surface area contributed by atoms with E-state index in [0.29, 0.717) is 6.61 Å². The number of benzene rings is 1. The highest BCUT2D eigenvalue weighted by Crippen LogP contribution is 2.10. The van der Waals surface area contributed by atoms with Gasteiger partial charge in [0, 0.05) is 19.6 Å². The van der Waals surface area contributed by atoms with Crippen LogP contribution in [0.25, 0.3) is 0 Å². The summed E-state index contributed by atoms with van der Waals surface area (Å²) >= 11 is 0. The molecule has 0 aliphatic carbocycles. The number of carbonyl (C=O) groups excluding carboxylic acids is 1. The van der Waals surface area contributed by atoms with E-state index in [1.165, 1.54) is 5.56 Å². The average molecular weight is 250 g/mol. The molecule has 5 heteroatoms. The molecule has 1 atom stereocenters. The zero-order valence-electron chi connectivity index (χ0n) is 10.2. The topological polar surface area (TPSA) is 64.8 Å². The lowest BCUT2D eigenvalue weighted by atomic mass is 10.2. The fraction of sp³-hybridized carbons (Fsp3) is 0.462. The fourth-order valence-corrected chi connectivity index (χ4v) is 2.04. The van der Waals surface area contributed by atoms with Crippen LogP contribution >= 0.6 is 0 Å². The van der Waals surface area contributed by atoms with Gasteiger partial charge in [-0.25, -0.2) is 4.79 Å². The maximum absolute atomic E-state index is 10.5. The Bertz CT molecular complexity index is 383. The maximum atomic E-state index is 10.5. The molecular weight excluding hydrogens is 232 g/mol. The summed E-state index contributed by atoms with van der Waals surface area (Å²) in [6.07, 6.45) is -0.839. The molecule has 0 aromatic heterocycles. The van der Waals surface area contributed by atoms with Gasteiger partial charge in [0.15, 0.2) is 0 Å². The van der Waals surface area contributed by atoms with Crippen LogP contribution < -0.4 is 5.73 Å². The maximum Gasteiger partial charge on any atom is 0.404 e. The zero-order valence-corrected chi connectivity index (χ0v) is 10.2. The number of hydrogen-bond acceptors (Lipinski definition) is 4. The summed E-state index contributed by atoms with van der Waals surface area (Å²) in [6.45, 7) is 3.40. The Labute approximate surface area is 106 Å². The molecule has 1 amide bonds. The van der Waals surface area contributed by atoms with Crippen molar-refractivity contribution in [1.29, 1.82) is 0 Å². The van der Waals surface area contributed by atoms with Gasteiger partial charge in [-0.3, -0.25) is 4.90 Å². The number of ether oxygens (including phenoxy) is 2. The van der Waals surface area contributed by atoms with E-state index in [1.54, 1.807) is 0 Å². The average Bonchev–Trinajstić information content (AvgIpc) is 2.38. The van der Waals surface area contributed by atoms with Gasteiger partial charge in [-0.15, -0.1) is 0 Å². The molecule has 2 N–H and O–H groups in total. The van der Waals surface area contributed by atoms with Crippen molar-refractivity contribution in [1.82, 2.24) is 4.90 Å². The highest BCUT2D eigenvalue weighted by atomic mass is 16.6. The summed E-state index contributed by atoms with van der Waals surface area (Å²) in [7, 11) is 0. The van der Waals surface area contributed by atoms with Crippen molar-refractivity contribution in [3.63, 3.8) is 0 Å². The number of nitrogens with two attached hydrogens (primary N) is 1. The normalized spacial score (nSPS) is 20.6. The van der Waals surface area contributed by atoms with E-state index in [9.17, 15) is 4.79 Å². The Morgan fingerprint density at radius 1 is 1.44 bits per heavy atom. The number of nitrogens with zero attached hydrogens (tertiary/aromatic N) is 1. The molecule has 0 saturated carbocycles. The number of primary amides is 1. The quantitative estimate of drug-likeness (QED) is 0.865. The molecule has 1 saturated heterocycles. The van der Waals surface area contributed by atoms with Gasteiger partial charge >= 0.3 is 6.09 Å². The first-order valence-corrected chi connectivity index (χ1v) is 6.04. The van der Waals surface area contributed by atoms with Crippen LogP contribution in [0.15, 0.2) is 30.3 Å². The second-order valence-corrected chi connectivity index (χ2v) is 4.34. The second kappa shape index (κ2) is 6.37. The van der Waals surface area contributed by atoms with E-state index in [1.807, 2.05) is 18.2 Å². The zero-order chi connectivity index (χ0) is 12.8. The van der Waals surface area contributed by atoms with Crippen LogP contribution in [0.2, 0.25) is 0 Å². The lowest BCUT2D eigenvalue weighted by Gasteiger charge is -2.32. The highest BCUT2D eigenvalue weighted by molar-refractivity contribution is 5.64. The van der Waals surface area contributed by atoms with Crippen molar-refractivity contribution in [2.24, 2.45) is 5.73 Å². The first kappa shape index (κ1) is 12.9. The van der Waals surface area contributed by atoms with Gasteiger partial charge in [0.05, 0.1) is 6.61 Å². The van der Waals surface area contributed by atoms with Crippen LogP contribution in [-0.2, 0) is 16.0 Å². The predicted octanol–water partition coefficient (Wildman–Crippen LogP) is 0.983. The minimum absolute atomic E-state index is 0.0880. The number of rotatable bonds is 4. The molecule has 18 heavy (non-hydrogen) atoms. The van der Waals surface area contributed by atoms with Gasteiger partial charge in [-0.05, 0) is 5.56 Å². The van der Waals surface area contributed by atoms with Crippen molar-refractivity contribution in [2.75, 3.05) is 26.3 Å². The van der Waals surface area contributed by atoms with Gasteiger partial charge in [0.1, 0.15) is 12.7 Å². The fourth-order valence-electron chi connectivity index (χ4n) is 2.04. The third-order valence-corrected chi connectivity index (χ3v) is 2.88. The number of morpholine rings is 1. The van der Waals surface area contributed by atoms with Crippen molar-refractivity contribution in [3.8, 4) is 0 Å². The summed E-state index contributed by atoms with van der Waals surface area (Å²) in [4.78, 5) is 12.8. The van der Waals surface area contributed by atoms with Crippen LogP contribution in [-0.4, -0.2) is 43.4 Å². The molecule has 0 bridgehead atoms. The Morgan fingerprint density at radius 3 is 2.94 bits per heavy atom. The summed E-state index contributed by atoms with van der Waals surface area (Å²) in [5.41, 5.74) is 6.21. The van der Waals surface area contributed by atoms with Crippen LogP contribution in [0, 0.1) is 0 Å². The largest absolute Gasteiger partial charge is 0.447 e. The molecule has 0 radical (unpaired) electrons. The molecule has 0 spiro atoms. The highest BCUT2D eigenvalue weighted by Gasteiger charge is 2.21. The summed E-state index contributed by atoms with van der Waals surface area (Å²) in [6, 6.07) is 10.3. The van der Waals surface area contributed by atoms with E-state index in [4.69, 9.17) is 15.2 Å².